The Hall–Kier alpha value is -2.49. The van der Waals surface area contributed by atoms with Crippen LogP contribution >= 0.6 is 0 Å². The zero-order valence-electron chi connectivity index (χ0n) is 18.8. The van der Waals surface area contributed by atoms with E-state index in [1.807, 2.05) is 13.1 Å². The molecule has 1 aliphatic carbocycles. The van der Waals surface area contributed by atoms with Gasteiger partial charge in [-0.05, 0) is 75.0 Å². The lowest BCUT2D eigenvalue weighted by Crippen LogP contribution is -2.36. The average Bonchev–Trinajstić information content (AvgIpc) is 3.12. The first-order valence-electron chi connectivity index (χ1n) is 11.4. The van der Waals surface area contributed by atoms with Gasteiger partial charge < -0.3 is 15.5 Å². The summed E-state index contributed by atoms with van der Waals surface area (Å²) in [6.07, 6.45) is 3.03. The number of urea groups is 1. The number of halogens is 1. The quantitative estimate of drug-likeness (QED) is 0.694. The van der Waals surface area contributed by atoms with E-state index in [0.29, 0.717) is 37.3 Å². The van der Waals surface area contributed by atoms with Gasteiger partial charge in [0.15, 0.2) is 0 Å². The third-order valence-electron chi connectivity index (χ3n) is 6.52. The molecule has 2 aromatic rings. The molecule has 2 unspecified atom stereocenters. The fraction of sp³-hybridized carbons (Fsp3) is 0.458. The standard InChI is InChI=1S/C24H31FN4O3S/c1-28-12-5-13-29(15-14-28)33(31,32)21-7-4-6-19(17-21)26-24(30)27-20-11-10-18(16-20)22-8-2-3-9-23(22)25/h2-4,6-9,17-18,20H,5,10-16H2,1H3,(H2,26,27,30). The van der Waals surface area contributed by atoms with Crippen molar-refractivity contribution in [1.82, 2.24) is 14.5 Å². The van der Waals surface area contributed by atoms with E-state index in [9.17, 15) is 17.6 Å². The van der Waals surface area contributed by atoms with Crippen molar-refractivity contribution in [2.75, 3.05) is 38.5 Å². The van der Waals surface area contributed by atoms with Gasteiger partial charge in [-0.15, -0.1) is 0 Å². The highest BCUT2D eigenvalue weighted by Gasteiger charge is 2.29. The van der Waals surface area contributed by atoms with Crippen LogP contribution in [-0.4, -0.2) is 62.9 Å². The molecule has 1 aliphatic heterocycles. The van der Waals surface area contributed by atoms with Gasteiger partial charge in [0.05, 0.1) is 4.90 Å². The van der Waals surface area contributed by atoms with Crippen LogP contribution in [0.5, 0.6) is 0 Å². The zero-order chi connectivity index (χ0) is 23.4. The number of hydrogen-bond acceptors (Lipinski definition) is 4. The molecule has 1 saturated heterocycles. The topological polar surface area (TPSA) is 81.8 Å². The van der Waals surface area contributed by atoms with Crippen LogP contribution in [0, 0.1) is 5.82 Å². The molecular formula is C24H31FN4O3S. The van der Waals surface area contributed by atoms with Crippen LogP contribution in [0.1, 0.15) is 37.2 Å². The lowest BCUT2D eigenvalue weighted by molar-refractivity contribution is 0.248. The number of nitrogens with zero attached hydrogens (tertiary/aromatic N) is 2. The van der Waals surface area contributed by atoms with Crippen LogP contribution in [0.25, 0.3) is 0 Å². The van der Waals surface area contributed by atoms with E-state index in [-0.39, 0.29) is 28.7 Å². The van der Waals surface area contributed by atoms with E-state index in [1.165, 1.54) is 16.4 Å². The Balaban J connectivity index is 1.36. The largest absolute Gasteiger partial charge is 0.335 e. The van der Waals surface area contributed by atoms with Gasteiger partial charge >= 0.3 is 6.03 Å². The SMILES string of the molecule is CN1CCCN(S(=O)(=O)c2cccc(NC(=O)NC3CCC(c4ccccc4F)C3)c2)CC1. The summed E-state index contributed by atoms with van der Waals surface area (Å²) in [7, 11) is -1.64. The first-order valence-corrected chi connectivity index (χ1v) is 12.9. The first kappa shape index (κ1) is 23.7. The third-order valence-corrected chi connectivity index (χ3v) is 8.42. The number of nitrogens with one attached hydrogen (secondary N) is 2. The zero-order valence-corrected chi connectivity index (χ0v) is 19.7. The molecule has 2 atom stereocenters. The summed E-state index contributed by atoms with van der Waals surface area (Å²) >= 11 is 0. The van der Waals surface area contributed by atoms with Gasteiger partial charge in [0.25, 0.3) is 0 Å². The molecule has 2 fully saturated rings. The predicted molar refractivity (Wildman–Crippen MR) is 126 cm³/mol. The van der Waals surface area contributed by atoms with Gasteiger partial charge in [-0.1, -0.05) is 24.3 Å². The van der Waals surface area contributed by atoms with E-state index in [0.717, 1.165) is 25.8 Å². The van der Waals surface area contributed by atoms with Gasteiger partial charge in [0.1, 0.15) is 5.82 Å². The van der Waals surface area contributed by atoms with Crippen LogP contribution in [0.3, 0.4) is 0 Å². The molecule has 0 spiro atoms. The second-order valence-corrected chi connectivity index (χ2v) is 10.9. The minimum absolute atomic E-state index is 0.0596. The van der Waals surface area contributed by atoms with Crippen LogP contribution < -0.4 is 10.6 Å². The molecule has 2 amide bonds. The van der Waals surface area contributed by atoms with E-state index >= 15 is 0 Å². The summed E-state index contributed by atoms with van der Waals surface area (Å²) in [6.45, 7) is 2.49. The molecule has 9 heteroatoms. The smallest absolute Gasteiger partial charge is 0.319 e. The molecular weight excluding hydrogens is 443 g/mol. The maximum atomic E-state index is 14.1. The second kappa shape index (κ2) is 10.2. The lowest BCUT2D eigenvalue weighted by Gasteiger charge is -2.20. The van der Waals surface area contributed by atoms with Crippen molar-refractivity contribution in [3.8, 4) is 0 Å². The molecule has 2 aliphatic rings. The van der Waals surface area contributed by atoms with Gasteiger partial charge in [0, 0.05) is 31.4 Å². The Morgan fingerprint density at radius 3 is 2.67 bits per heavy atom. The molecule has 2 aromatic carbocycles. The Kier molecular flexibility index (Phi) is 7.31. The Labute approximate surface area is 195 Å². The van der Waals surface area contributed by atoms with E-state index in [2.05, 4.69) is 15.5 Å². The molecule has 0 radical (unpaired) electrons. The summed E-state index contributed by atoms with van der Waals surface area (Å²) in [5.74, 6) is -0.126. The number of carbonyl (C=O) groups excluding carboxylic acids is 1. The monoisotopic (exact) mass is 474 g/mol. The van der Waals surface area contributed by atoms with Crippen molar-refractivity contribution < 1.29 is 17.6 Å². The molecule has 178 valence electrons. The summed E-state index contributed by atoms with van der Waals surface area (Å²) in [5.41, 5.74) is 1.11. The number of carbonyl (C=O) groups is 1. The van der Waals surface area contributed by atoms with Gasteiger partial charge in [0.2, 0.25) is 10.0 Å². The van der Waals surface area contributed by atoms with Crippen molar-refractivity contribution in [3.05, 3.63) is 59.9 Å². The molecule has 1 heterocycles. The molecule has 4 rings (SSSR count). The van der Waals surface area contributed by atoms with Crippen LogP contribution in [0.4, 0.5) is 14.9 Å². The fourth-order valence-electron chi connectivity index (χ4n) is 4.70. The number of benzene rings is 2. The van der Waals surface area contributed by atoms with Gasteiger partial charge in [-0.25, -0.2) is 17.6 Å². The molecule has 0 bridgehead atoms. The molecule has 1 saturated carbocycles. The summed E-state index contributed by atoms with van der Waals surface area (Å²) in [5, 5.41) is 5.70. The van der Waals surface area contributed by atoms with E-state index in [1.54, 1.807) is 30.3 Å². The van der Waals surface area contributed by atoms with E-state index < -0.39 is 10.0 Å². The summed E-state index contributed by atoms with van der Waals surface area (Å²) < 4.78 is 41.8. The normalized spacial score (nSPS) is 22.6. The van der Waals surface area contributed by atoms with Crippen LogP contribution in [0.2, 0.25) is 0 Å². The first-order chi connectivity index (χ1) is 15.8. The highest BCUT2D eigenvalue weighted by Crippen LogP contribution is 2.35. The van der Waals surface area contributed by atoms with Gasteiger partial charge in [-0.3, -0.25) is 0 Å². The van der Waals surface area contributed by atoms with Gasteiger partial charge in [-0.2, -0.15) is 4.31 Å². The van der Waals surface area contributed by atoms with Crippen molar-refractivity contribution in [1.29, 1.82) is 0 Å². The highest BCUT2D eigenvalue weighted by molar-refractivity contribution is 7.89. The van der Waals surface area contributed by atoms with Crippen LogP contribution in [-0.2, 0) is 10.0 Å². The predicted octanol–water partition coefficient (Wildman–Crippen LogP) is 3.61. The molecule has 7 nitrogen and oxygen atoms in total. The number of sulfonamides is 1. The molecule has 33 heavy (non-hydrogen) atoms. The third kappa shape index (κ3) is 5.72. The highest BCUT2D eigenvalue weighted by atomic mass is 32.2. The van der Waals surface area contributed by atoms with Crippen molar-refractivity contribution in [3.63, 3.8) is 0 Å². The number of anilines is 1. The van der Waals surface area contributed by atoms with Crippen molar-refractivity contribution >= 4 is 21.7 Å². The minimum Gasteiger partial charge on any atom is -0.335 e. The number of rotatable bonds is 5. The molecule has 0 aromatic heterocycles. The van der Waals surface area contributed by atoms with Crippen molar-refractivity contribution in [2.24, 2.45) is 0 Å². The summed E-state index contributed by atoms with van der Waals surface area (Å²) in [6, 6.07) is 12.7. The Morgan fingerprint density at radius 1 is 1.03 bits per heavy atom. The second-order valence-electron chi connectivity index (χ2n) is 8.92. The maximum absolute atomic E-state index is 14.1. The lowest BCUT2D eigenvalue weighted by atomic mass is 9.97. The number of likely N-dealkylation sites (N-methyl/N-ethyl adjacent to an activating group) is 1. The Morgan fingerprint density at radius 2 is 1.85 bits per heavy atom. The Bertz CT molecular complexity index is 1090. The maximum Gasteiger partial charge on any atom is 0.319 e. The minimum atomic E-state index is -3.63. The average molecular weight is 475 g/mol. The number of amides is 2. The number of hydrogen-bond donors (Lipinski definition) is 2. The van der Waals surface area contributed by atoms with E-state index in [4.69, 9.17) is 0 Å². The molecule has 2 N–H and O–H groups in total. The van der Waals surface area contributed by atoms with Crippen molar-refractivity contribution in [2.45, 2.75) is 42.5 Å². The summed E-state index contributed by atoms with van der Waals surface area (Å²) in [4.78, 5) is 14.9. The fourth-order valence-corrected chi connectivity index (χ4v) is 6.22. The van der Waals surface area contributed by atoms with Crippen LogP contribution in [0.15, 0.2) is 53.4 Å².